The van der Waals surface area contributed by atoms with Crippen molar-refractivity contribution in [1.82, 2.24) is 4.90 Å². The van der Waals surface area contributed by atoms with Crippen LogP contribution in [0.5, 0.6) is 0 Å². The first kappa shape index (κ1) is 13.1. The Hall–Kier alpha value is -1.31. The Labute approximate surface area is 111 Å². The lowest BCUT2D eigenvalue weighted by atomic mass is 9.73. The lowest BCUT2D eigenvalue weighted by Crippen LogP contribution is -2.38. The first-order valence-electron chi connectivity index (χ1n) is 6.64. The summed E-state index contributed by atoms with van der Waals surface area (Å²) in [6, 6.07) is 0. The summed E-state index contributed by atoms with van der Waals surface area (Å²) in [5.74, 6) is 1.12. The van der Waals surface area contributed by atoms with Crippen molar-refractivity contribution in [1.29, 1.82) is 0 Å². The molecule has 0 amide bonds. The lowest BCUT2D eigenvalue weighted by Gasteiger charge is -2.39. The van der Waals surface area contributed by atoms with Crippen LogP contribution < -0.4 is 0 Å². The fraction of sp³-hybridized carbons (Fsp3) is 0.562. The highest BCUT2D eigenvalue weighted by Gasteiger charge is 2.34. The number of allylic oxidation sites excluding steroid dienone is 2. The summed E-state index contributed by atoms with van der Waals surface area (Å²) in [7, 11) is 0. The fourth-order valence-electron chi connectivity index (χ4n) is 2.52. The molecule has 98 valence electrons. The number of amidine groups is 1. The van der Waals surface area contributed by atoms with Gasteiger partial charge in [0, 0.05) is 24.5 Å². The van der Waals surface area contributed by atoms with Crippen LogP contribution >= 0.6 is 0 Å². The molecule has 2 aliphatic heterocycles. The van der Waals surface area contributed by atoms with E-state index in [0.717, 1.165) is 12.4 Å². The minimum atomic E-state index is 0.107. The Morgan fingerprint density at radius 1 is 1.06 bits per heavy atom. The van der Waals surface area contributed by atoms with Gasteiger partial charge in [-0.1, -0.05) is 41.5 Å². The maximum atomic E-state index is 4.62. The molecule has 2 heteroatoms. The van der Waals surface area contributed by atoms with E-state index in [4.69, 9.17) is 0 Å². The van der Waals surface area contributed by atoms with Gasteiger partial charge < -0.3 is 4.90 Å². The van der Waals surface area contributed by atoms with E-state index in [2.05, 4.69) is 69.8 Å². The molecule has 2 nitrogen and oxygen atoms in total. The van der Waals surface area contributed by atoms with E-state index in [9.17, 15) is 0 Å². The van der Waals surface area contributed by atoms with Gasteiger partial charge in [0.15, 0.2) is 0 Å². The third kappa shape index (κ3) is 2.29. The first-order valence-corrected chi connectivity index (χ1v) is 6.64. The van der Waals surface area contributed by atoms with Crippen LogP contribution in [0.25, 0.3) is 0 Å². The van der Waals surface area contributed by atoms with Gasteiger partial charge in [-0.05, 0) is 28.6 Å². The normalized spacial score (nSPS) is 20.1. The molecule has 0 aliphatic carbocycles. The molecule has 2 heterocycles. The molecule has 2 rings (SSSR count). The van der Waals surface area contributed by atoms with Crippen molar-refractivity contribution >= 4 is 5.84 Å². The van der Waals surface area contributed by atoms with Crippen LogP contribution in [0, 0.1) is 10.8 Å². The Bertz CT molecular complexity index is 462. The van der Waals surface area contributed by atoms with Crippen LogP contribution in [0.15, 0.2) is 40.7 Å². The topological polar surface area (TPSA) is 15.6 Å². The SMILES string of the molecule is CC(C)(C)C1=C(C(C)(C)C)C2=NC=CCN2C=C1. The number of fused-ring (bicyclic) bond motifs is 1. The van der Waals surface area contributed by atoms with Crippen LogP contribution in [0.1, 0.15) is 41.5 Å². The highest BCUT2D eigenvalue weighted by atomic mass is 15.2. The zero-order valence-electron chi connectivity index (χ0n) is 12.4. The van der Waals surface area contributed by atoms with Crippen LogP contribution in [0.3, 0.4) is 0 Å². The number of hydrogen-bond acceptors (Lipinski definition) is 2. The smallest absolute Gasteiger partial charge is 0.136 e. The number of nitrogens with zero attached hydrogens (tertiary/aromatic N) is 2. The number of rotatable bonds is 0. The molecule has 0 saturated carbocycles. The second kappa shape index (κ2) is 4.11. The summed E-state index contributed by atoms with van der Waals surface area (Å²) in [4.78, 5) is 6.85. The molecule has 0 atom stereocenters. The first-order chi connectivity index (χ1) is 8.21. The lowest BCUT2D eigenvalue weighted by molar-refractivity contribution is 0.448. The highest BCUT2D eigenvalue weighted by molar-refractivity contribution is 6.03. The van der Waals surface area contributed by atoms with Gasteiger partial charge in [0.05, 0.1) is 0 Å². The Balaban J connectivity index is 2.64. The summed E-state index contributed by atoms with van der Waals surface area (Å²) >= 11 is 0. The molecule has 0 saturated heterocycles. The largest absolute Gasteiger partial charge is 0.329 e. The molecule has 0 aromatic carbocycles. The van der Waals surface area contributed by atoms with Gasteiger partial charge in [0.1, 0.15) is 5.84 Å². The van der Waals surface area contributed by atoms with Crippen molar-refractivity contribution < 1.29 is 0 Å². The van der Waals surface area contributed by atoms with Crippen molar-refractivity contribution in [2.45, 2.75) is 41.5 Å². The molecule has 0 aromatic rings. The number of aliphatic imine (C=N–C) groups is 1. The van der Waals surface area contributed by atoms with Crippen molar-refractivity contribution in [3.8, 4) is 0 Å². The van der Waals surface area contributed by atoms with Crippen molar-refractivity contribution in [2.24, 2.45) is 15.8 Å². The summed E-state index contributed by atoms with van der Waals surface area (Å²) in [5, 5.41) is 0. The third-order valence-corrected chi connectivity index (χ3v) is 3.35. The van der Waals surface area contributed by atoms with E-state index < -0.39 is 0 Å². The summed E-state index contributed by atoms with van der Waals surface area (Å²) in [6.45, 7) is 14.5. The van der Waals surface area contributed by atoms with Crippen molar-refractivity contribution in [3.05, 3.63) is 35.7 Å². The summed E-state index contributed by atoms with van der Waals surface area (Å²) in [5.41, 5.74) is 3.03. The molecule has 0 aromatic heterocycles. The van der Waals surface area contributed by atoms with Crippen LogP contribution in [0.2, 0.25) is 0 Å². The molecular formula is C16H24N2. The van der Waals surface area contributed by atoms with Gasteiger partial charge in [-0.2, -0.15) is 0 Å². The predicted molar refractivity (Wildman–Crippen MR) is 78.4 cm³/mol. The van der Waals surface area contributed by atoms with E-state index >= 15 is 0 Å². The van der Waals surface area contributed by atoms with Gasteiger partial charge >= 0.3 is 0 Å². The second-order valence-electron chi connectivity index (χ2n) is 7.09. The molecule has 0 unspecified atom stereocenters. The van der Waals surface area contributed by atoms with Gasteiger partial charge in [-0.15, -0.1) is 0 Å². The Morgan fingerprint density at radius 2 is 1.72 bits per heavy atom. The molecule has 0 bridgehead atoms. The predicted octanol–water partition coefficient (Wildman–Crippen LogP) is 4.13. The van der Waals surface area contributed by atoms with Gasteiger partial charge in [0.2, 0.25) is 0 Å². The van der Waals surface area contributed by atoms with Gasteiger partial charge in [-0.3, -0.25) is 0 Å². The van der Waals surface area contributed by atoms with Crippen molar-refractivity contribution in [3.63, 3.8) is 0 Å². The zero-order chi connectivity index (χ0) is 13.6. The quantitative estimate of drug-likeness (QED) is 0.625. The molecule has 0 radical (unpaired) electrons. The van der Waals surface area contributed by atoms with Crippen molar-refractivity contribution in [2.75, 3.05) is 6.54 Å². The zero-order valence-corrected chi connectivity index (χ0v) is 12.4. The minimum Gasteiger partial charge on any atom is -0.329 e. The van der Waals surface area contributed by atoms with E-state index in [-0.39, 0.29) is 10.8 Å². The summed E-state index contributed by atoms with van der Waals surface area (Å²) in [6.07, 6.45) is 8.45. The van der Waals surface area contributed by atoms with Crippen LogP contribution in [-0.4, -0.2) is 17.3 Å². The fourth-order valence-corrected chi connectivity index (χ4v) is 2.52. The second-order valence-corrected chi connectivity index (χ2v) is 7.09. The Kier molecular flexibility index (Phi) is 3.00. The van der Waals surface area contributed by atoms with E-state index in [1.807, 2.05) is 6.20 Å². The van der Waals surface area contributed by atoms with Gasteiger partial charge in [-0.25, -0.2) is 4.99 Å². The molecule has 2 aliphatic rings. The summed E-state index contributed by atoms with van der Waals surface area (Å²) < 4.78 is 0. The maximum absolute atomic E-state index is 4.62. The maximum Gasteiger partial charge on any atom is 0.136 e. The van der Waals surface area contributed by atoms with Crippen LogP contribution in [-0.2, 0) is 0 Å². The number of hydrogen-bond donors (Lipinski definition) is 0. The van der Waals surface area contributed by atoms with E-state index in [1.165, 1.54) is 11.1 Å². The van der Waals surface area contributed by atoms with E-state index in [1.54, 1.807) is 0 Å². The Morgan fingerprint density at radius 3 is 2.28 bits per heavy atom. The molecule has 18 heavy (non-hydrogen) atoms. The third-order valence-electron chi connectivity index (χ3n) is 3.35. The minimum absolute atomic E-state index is 0.107. The van der Waals surface area contributed by atoms with Crippen LogP contribution in [0.4, 0.5) is 0 Å². The van der Waals surface area contributed by atoms with Gasteiger partial charge in [0.25, 0.3) is 0 Å². The standard InChI is InChI=1S/C16H24N2/c1-15(2,3)12-8-11-18-10-7-9-17-14(18)13(12)16(4,5)6/h7-9,11H,10H2,1-6H3. The molecular weight excluding hydrogens is 220 g/mol. The monoisotopic (exact) mass is 244 g/mol. The molecule has 0 spiro atoms. The molecule has 0 fully saturated rings. The average Bonchev–Trinajstić information content (AvgIpc) is 2.24. The van der Waals surface area contributed by atoms with E-state index in [0.29, 0.717) is 0 Å². The molecule has 0 N–H and O–H groups in total. The highest BCUT2D eigenvalue weighted by Crippen LogP contribution is 2.41. The average molecular weight is 244 g/mol.